The molecule has 0 bridgehead atoms. The van der Waals surface area contributed by atoms with Gasteiger partial charge in [0.2, 0.25) is 5.91 Å². The molecule has 3 amide bonds. The highest BCUT2D eigenvalue weighted by molar-refractivity contribution is 6.00. The maximum absolute atomic E-state index is 13.7. The number of hydrogen-bond acceptors (Lipinski definition) is 5. The molecule has 0 radical (unpaired) electrons. The van der Waals surface area contributed by atoms with E-state index in [1.165, 1.54) is 4.90 Å². The molecule has 200 valence electrons. The summed E-state index contributed by atoms with van der Waals surface area (Å²) in [7, 11) is 0. The number of nitrogens with zero attached hydrogens (tertiary/aromatic N) is 4. The van der Waals surface area contributed by atoms with Gasteiger partial charge >= 0.3 is 6.18 Å². The molecule has 0 atom stereocenters. The van der Waals surface area contributed by atoms with Gasteiger partial charge in [-0.3, -0.25) is 19.5 Å². The molecule has 38 heavy (non-hydrogen) atoms. The Hall–Kier alpha value is -4.09. The smallest absolute Gasteiger partial charge is 0.345 e. The van der Waals surface area contributed by atoms with Gasteiger partial charge < -0.3 is 20.0 Å². The van der Waals surface area contributed by atoms with Crippen LogP contribution in [0.5, 0.6) is 0 Å². The summed E-state index contributed by atoms with van der Waals surface area (Å²) in [6.07, 6.45) is -2.24. The Morgan fingerprint density at radius 2 is 1.84 bits per heavy atom. The van der Waals surface area contributed by atoms with Crippen molar-refractivity contribution in [1.29, 1.82) is 0 Å². The fraction of sp³-hybridized carbons (Fsp3) is 0.385. The van der Waals surface area contributed by atoms with Crippen molar-refractivity contribution in [2.75, 3.05) is 37.7 Å². The Kier molecular flexibility index (Phi) is 6.49. The van der Waals surface area contributed by atoms with Gasteiger partial charge in [-0.25, -0.2) is 0 Å². The highest BCUT2D eigenvalue weighted by Crippen LogP contribution is 2.39. The fourth-order valence-electron chi connectivity index (χ4n) is 5.37. The predicted molar refractivity (Wildman–Crippen MR) is 133 cm³/mol. The number of aromatic nitrogens is 2. The van der Waals surface area contributed by atoms with E-state index < -0.39 is 30.7 Å². The molecule has 0 aliphatic carbocycles. The molecular formula is C26H27F3N6O3. The summed E-state index contributed by atoms with van der Waals surface area (Å²) in [6.45, 7) is 0.646. The maximum atomic E-state index is 13.7. The first-order valence-electron chi connectivity index (χ1n) is 12.3. The number of carbonyl (C=O) groups excluding carboxylic acids is 3. The molecule has 1 spiro atoms. The molecule has 3 aromatic rings. The Bertz CT molecular complexity index is 1370. The Labute approximate surface area is 216 Å². The van der Waals surface area contributed by atoms with Gasteiger partial charge in [-0.05, 0) is 49.6 Å². The van der Waals surface area contributed by atoms with Crippen molar-refractivity contribution in [3.05, 3.63) is 59.8 Å². The zero-order valence-corrected chi connectivity index (χ0v) is 20.7. The Balaban J connectivity index is 1.34. The number of fused-ring (bicyclic) bond motifs is 1. The average Bonchev–Trinajstić information content (AvgIpc) is 3.47. The SMILES string of the molecule is Cc1cc(C(=O)N2CCC3(CC2)C(=O)N(CC(=O)NCC(F)(F)F)CN3c2ccccc2)cc2cn[nH]c12. The van der Waals surface area contributed by atoms with Gasteiger partial charge in [-0.2, -0.15) is 18.3 Å². The number of aryl methyl sites for hydroxylation is 1. The lowest BCUT2D eigenvalue weighted by Gasteiger charge is -2.43. The van der Waals surface area contributed by atoms with E-state index >= 15 is 0 Å². The van der Waals surface area contributed by atoms with Crippen molar-refractivity contribution in [2.24, 2.45) is 0 Å². The molecule has 12 heteroatoms. The van der Waals surface area contributed by atoms with Gasteiger partial charge in [-0.15, -0.1) is 0 Å². The van der Waals surface area contributed by atoms with Gasteiger partial charge in [0.05, 0.1) is 18.4 Å². The number of nitrogens with one attached hydrogen (secondary N) is 2. The topological polar surface area (TPSA) is 102 Å². The van der Waals surface area contributed by atoms with Crippen LogP contribution >= 0.6 is 0 Å². The molecule has 2 aromatic carbocycles. The number of halogens is 3. The number of hydrogen-bond donors (Lipinski definition) is 2. The third-order valence-electron chi connectivity index (χ3n) is 7.27. The molecule has 0 unspecified atom stereocenters. The van der Waals surface area contributed by atoms with Crippen LogP contribution in [-0.2, 0) is 9.59 Å². The molecule has 2 aliphatic rings. The first kappa shape index (κ1) is 25.6. The van der Waals surface area contributed by atoms with Crippen molar-refractivity contribution in [3.63, 3.8) is 0 Å². The van der Waals surface area contributed by atoms with Crippen LogP contribution in [0, 0.1) is 6.92 Å². The molecule has 5 rings (SSSR count). The zero-order chi connectivity index (χ0) is 27.1. The van der Waals surface area contributed by atoms with E-state index in [0.717, 1.165) is 22.2 Å². The molecule has 2 saturated heterocycles. The summed E-state index contributed by atoms with van der Waals surface area (Å²) >= 11 is 0. The molecule has 2 fully saturated rings. The summed E-state index contributed by atoms with van der Waals surface area (Å²) in [5.74, 6) is -1.35. The minimum absolute atomic E-state index is 0.0621. The van der Waals surface area contributed by atoms with Gasteiger partial charge in [0.25, 0.3) is 11.8 Å². The highest BCUT2D eigenvalue weighted by atomic mass is 19.4. The largest absolute Gasteiger partial charge is 0.405 e. The number of rotatable bonds is 5. The summed E-state index contributed by atoms with van der Waals surface area (Å²) in [6, 6.07) is 12.8. The van der Waals surface area contributed by atoms with Crippen LogP contribution in [0.4, 0.5) is 18.9 Å². The van der Waals surface area contributed by atoms with E-state index in [-0.39, 0.29) is 18.5 Å². The van der Waals surface area contributed by atoms with E-state index in [2.05, 4.69) is 10.2 Å². The second-order valence-electron chi connectivity index (χ2n) is 9.75. The van der Waals surface area contributed by atoms with Crippen molar-refractivity contribution >= 4 is 34.3 Å². The number of alkyl halides is 3. The quantitative estimate of drug-likeness (QED) is 0.531. The number of para-hydroxylation sites is 1. The molecule has 9 nitrogen and oxygen atoms in total. The van der Waals surface area contributed by atoms with Crippen LogP contribution in [0.1, 0.15) is 28.8 Å². The molecule has 3 heterocycles. The third-order valence-corrected chi connectivity index (χ3v) is 7.27. The molecular weight excluding hydrogens is 501 g/mol. The number of H-pyrrole nitrogens is 1. The number of amides is 3. The fourth-order valence-corrected chi connectivity index (χ4v) is 5.37. The monoisotopic (exact) mass is 528 g/mol. The molecule has 2 N–H and O–H groups in total. The van der Waals surface area contributed by atoms with Crippen molar-refractivity contribution in [1.82, 2.24) is 25.3 Å². The summed E-state index contributed by atoms with van der Waals surface area (Å²) in [4.78, 5) is 44.2. The highest BCUT2D eigenvalue weighted by Gasteiger charge is 2.54. The van der Waals surface area contributed by atoms with Crippen LogP contribution in [0.25, 0.3) is 10.9 Å². The standard InChI is InChI=1S/C26H27F3N6O3/c1-17-11-18(12-19-13-31-32-22(17)19)23(37)33-9-7-25(8-10-33)24(38)34(14-21(36)30-15-26(27,28)29)16-35(25)20-5-3-2-4-6-20/h2-6,11-13H,7-10,14-16H2,1H3,(H,30,36)(H,31,32). The molecule has 2 aliphatic heterocycles. The van der Waals surface area contributed by atoms with Crippen LogP contribution in [0.3, 0.4) is 0 Å². The second-order valence-corrected chi connectivity index (χ2v) is 9.75. The minimum atomic E-state index is -4.54. The Morgan fingerprint density at radius 3 is 2.53 bits per heavy atom. The second kappa shape index (κ2) is 9.66. The summed E-state index contributed by atoms with van der Waals surface area (Å²) in [5.41, 5.74) is 2.06. The first-order chi connectivity index (χ1) is 18.1. The molecule has 1 aromatic heterocycles. The van der Waals surface area contributed by atoms with Crippen LogP contribution in [0.15, 0.2) is 48.7 Å². The van der Waals surface area contributed by atoms with Crippen molar-refractivity contribution < 1.29 is 27.6 Å². The lowest BCUT2D eigenvalue weighted by Crippen LogP contribution is -2.57. The predicted octanol–water partition coefficient (Wildman–Crippen LogP) is 2.83. The molecule has 0 saturated carbocycles. The van der Waals surface area contributed by atoms with E-state index in [0.29, 0.717) is 31.5 Å². The van der Waals surface area contributed by atoms with Gasteiger partial charge in [0.1, 0.15) is 18.6 Å². The lowest BCUT2D eigenvalue weighted by molar-refractivity contribution is -0.142. The van der Waals surface area contributed by atoms with Crippen molar-refractivity contribution in [2.45, 2.75) is 31.5 Å². The van der Waals surface area contributed by atoms with Gasteiger partial charge in [0.15, 0.2) is 0 Å². The summed E-state index contributed by atoms with van der Waals surface area (Å²) < 4.78 is 37.6. The van der Waals surface area contributed by atoms with Gasteiger partial charge in [0, 0.05) is 29.7 Å². The first-order valence-corrected chi connectivity index (χ1v) is 12.3. The maximum Gasteiger partial charge on any atom is 0.405 e. The average molecular weight is 529 g/mol. The zero-order valence-electron chi connectivity index (χ0n) is 20.7. The van der Waals surface area contributed by atoms with E-state index in [4.69, 9.17) is 0 Å². The van der Waals surface area contributed by atoms with E-state index in [9.17, 15) is 27.6 Å². The number of carbonyl (C=O) groups is 3. The van der Waals surface area contributed by atoms with Crippen molar-refractivity contribution in [3.8, 4) is 0 Å². The van der Waals surface area contributed by atoms with Crippen LogP contribution in [0.2, 0.25) is 0 Å². The van der Waals surface area contributed by atoms with Crippen LogP contribution < -0.4 is 10.2 Å². The van der Waals surface area contributed by atoms with Crippen LogP contribution in [-0.4, -0.2) is 82.3 Å². The number of piperidine rings is 1. The minimum Gasteiger partial charge on any atom is -0.345 e. The number of benzene rings is 2. The lowest BCUT2D eigenvalue weighted by atomic mass is 9.85. The number of likely N-dealkylation sites (tertiary alicyclic amines) is 1. The van der Waals surface area contributed by atoms with E-state index in [1.807, 2.05) is 53.5 Å². The van der Waals surface area contributed by atoms with E-state index in [1.54, 1.807) is 17.2 Å². The number of anilines is 1. The Morgan fingerprint density at radius 1 is 1.13 bits per heavy atom. The summed E-state index contributed by atoms with van der Waals surface area (Å²) in [5, 5.41) is 9.63. The number of aromatic amines is 1. The third kappa shape index (κ3) is 4.77. The van der Waals surface area contributed by atoms with Gasteiger partial charge in [-0.1, -0.05) is 18.2 Å². The normalized spacial score (nSPS) is 17.5.